The first-order chi connectivity index (χ1) is 9.08. The van der Waals surface area contributed by atoms with Crippen molar-refractivity contribution >= 4 is 5.91 Å². The van der Waals surface area contributed by atoms with E-state index in [-0.39, 0.29) is 17.7 Å². The monoisotopic (exact) mass is 264 g/mol. The smallest absolute Gasteiger partial charge is 0.257 e. The summed E-state index contributed by atoms with van der Waals surface area (Å²) in [6, 6.07) is 4.28. The zero-order valence-electron chi connectivity index (χ0n) is 9.74. The van der Waals surface area contributed by atoms with Crippen LogP contribution in [0.1, 0.15) is 15.9 Å². The average molecular weight is 264 g/mol. The Kier molecular flexibility index (Phi) is 3.70. The zero-order chi connectivity index (χ0) is 13.8. The van der Waals surface area contributed by atoms with Gasteiger partial charge in [-0.05, 0) is 6.07 Å². The van der Waals surface area contributed by atoms with Crippen LogP contribution in [0.25, 0.3) is 0 Å². The maximum atomic E-state index is 13.3. The van der Waals surface area contributed by atoms with Gasteiger partial charge in [-0.25, -0.2) is 8.78 Å². The number of carbonyl (C=O) groups is 1. The van der Waals surface area contributed by atoms with Crippen molar-refractivity contribution in [3.63, 3.8) is 0 Å². The topological polar surface area (TPSA) is 62.0 Å². The van der Waals surface area contributed by atoms with E-state index in [1.54, 1.807) is 0 Å². The molecule has 2 rings (SSSR count). The van der Waals surface area contributed by atoms with Crippen LogP contribution in [0.4, 0.5) is 8.78 Å². The van der Waals surface area contributed by atoms with Crippen LogP contribution in [0.3, 0.4) is 0 Å². The van der Waals surface area contributed by atoms with E-state index in [0.717, 1.165) is 12.1 Å². The van der Waals surface area contributed by atoms with Crippen LogP contribution in [-0.2, 0) is 6.54 Å². The van der Waals surface area contributed by atoms with Crippen molar-refractivity contribution in [2.45, 2.75) is 6.54 Å². The number of H-pyrrole nitrogens is 1. The van der Waals surface area contributed by atoms with E-state index in [1.807, 2.05) is 0 Å². The van der Waals surface area contributed by atoms with Crippen molar-refractivity contribution in [1.82, 2.24) is 10.3 Å². The Labute approximate surface area is 107 Å². The molecule has 98 valence electrons. The van der Waals surface area contributed by atoms with E-state index >= 15 is 0 Å². The predicted molar refractivity (Wildman–Crippen MR) is 64.6 cm³/mol. The third-order valence-corrected chi connectivity index (χ3v) is 2.52. The summed E-state index contributed by atoms with van der Waals surface area (Å²) in [4.78, 5) is 25.7. The van der Waals surface area contributed by atoms with Crippen molar-refractivity contribution < 1.29 is 13.6 Å². The molecular weight excluding hydrogens is 254 g/mol. The molecule has 1 heterocycles. The fourth-order valence-electron chi connectivity index (χ4n) is 1.53. The lowest BCUT2D eigenvalue weighted by atomic mass is 10.2. The summed E-state index contributed by atoms with van der Waals surface area (Å²) < 4.78 is 26.0. The number of carbonyl (C=O) groups excluding carboxylic acids is 1. The first-order valence-electron chi connectivity index (χ1n) is 5.47. The minimum atomic E-state index is -0.748. The highest BCUT2D eigenvalue weighted by Gasteiger charge is 2.10. The number of hydrogen-bond donors (Lipinski definition) is 2. The Hall–Kier alpha value is -2.50. The van der Waals surface area contributed by atoms with Gasteiger partial charge in [0.2, 0.25) is 0 Å². The van der Waals surface area contributed by atoms with Gasteiger partial charge in [0.1, 0.15) is 17.2 Å². The van der Waals surface area contributed by atoms with Gasteiger partial charge >= 0.3 is 0 Å². The van der Waals surface area contributed by atoms with Crippen LogP contribution in [0.2, 0.25) is 0 Å². The number of aromatic amines is 1. The molecule has 6 heteroatoms. The van der Waals surface area contributed by atoms with Crippen LogP contribution < -0.4 is 10.7 Å². The van der Waals surface area contributed by atoms with Gasteiger partial charge in [0.25, 0.3) is 5.91 Å². The molecule has 0 aliphatic heterocycles. The molecule has 1 amide bonds. The van der Waals surface area contributed by atoms with Gasteiger partial charge in [0, 0.05) is 36.6 Å². The summed E-state index contributed by atoms with van der Waals surface area (Å²) in [6.45, 7) is -0.126. The second-order valence-electron chi connectivity index (χ2n) is 3.84. The van der Waals surface area contributed by atoms with Crippen molar-refractivity contribution in [1.29, 1.82) is 0 Å². The normalized spacial score (nSPS) is 10.2. The van der Waals surface area contributed by atoms with Crippen molar-refractivity contribution in [2.24, 2.45) is 0 Å². The van der Waals surface area contributed by atoms with E-state index in [1.165, 1.54) is 24.5 Å². The van der Waals surface area contributed by atoms with Gasteiger partial charge in [0.05, 0.1) is 0 Å². The van der Waals surface area contributed by atoms with E-state index in [0.29, 0.717) is 0 Å². The summed E-state index contributed by atoms with van der Waals surface area (Å²) >= 11 is 0. The maximum absolute atomic E-state index is 13.3. The fourth-order valence-corrected chi connectivity index (χ4v) is 1.53. The SMILES string of the molecule is O=C(NCc1ccc(F)cc1F)c1c[nH]ccc1=O. The molecule has 19 heavy (non-hydrogen) atoms. The molecule has 0 saturated heterocycles. The van der Waals surface area contributed by atoms with Crippen LogP contribution in [-0.4, -0.2) is 10.9 Å². The maximum Gasteiger partial charge on any atom is 0.257 e. The average Bonchev–Trinajstić information content (AvgIpc) is 2.38. The number of benzene rings is 1. The summed E-state index contributed by atoms with van der Waals surface area (Å²) in [6.07, 6.45) is 2.66. The third-order valence-electron chi connectivity index (χ3n) is 2.52. The molecule has 0 unspecified atom stereocenters. The third kappa shape index (κ3) is 3.04. The number of amides is 1. The number of hydrogen-bond acceptors (Lipinski definition) is 2. The van der Waals surface area contributed by atoms with Crippen LogP contribution in [0.5, 0.6) is 0 Å². The minimum absolute atomic E-state index is 0.0648. The van der Waals surface area contributed by atoms with E-state index < -0.39 is 23.0 Å². The number of rotatable bonds is 3. The molecule has 0 saturated carbocycles. The fraction of sp³-hybridized carbons (Fsp3) is 0.0769. The Morgan fingerprint density at radius 1 is 1.26 bits per heavy atom. The highest BCUT2D eigenvalue weighted by atomic mass is 19.1. The molecule has 0 spiro atoms. The lowest BCUT2D eigenvalue weighted by Crippen LogP contribution is -2.28. The predicted octanol–water partition coefficient (Wildman–Crippen LogP) is 1.58. The van der Waals surface area contributed by atoms with Gasteiger partial charge in [-0.2, -0.15) is 0 Å². The zero-order valence-corrected chi connectivity index (χ0v) is 9.74. The lowest BCUT2D eigenvalue weighted by molar-refractivity contribution is 0.0949. The van der Waals surface area contributed by atoms with E-state index in [9.17, 15) is 18.4 Å². The second-order valence-corrected chi connectivity index (χ2v) is 3.84. The molecule has 0 aliphatic carbocycles. The lowest BCUT2D eigenvalue weighted by Gasteiger charge is -2.06. The summed E-state index contributed by atoms with van der Waals surface area (Å²) in [5.74, 6) is -2.06. The first kappa shape index (κ1) is 12.9. The van der Waals surface area contributed by atoms with Crippen LogP contribution in [0.15, 0.2) is 41.5 Å². The summed E-state index contributed by atoms with van der Waals surface area (Å²) in [5.41, 5.74) is -0.358. The molecule has 0 radical (unpaired) electrons. The van der Waals surface area contributed by atoms with E-state index in [4.69, 9.17) is 0 Å². The van der Waals surface area contributed by atoms with Gasteiger partial charge < -0.3 is 10.3 Å². The molecule has 0 aliphatic rings. The van der Waals surface area contributed by atoms with Gasteiger partial charge in [-0.1, -0.05) is 6.07 Å². The Balaban J connectivity index is 2.09. The van der Waals surface area contributed by atoms with Crippen molar-refractivity contribution in [3.05, 3.63) is 69.6 Å². The summed E-state index contributed by atoms with van der Waals surface area (Å²) in [5, 5.41) is 2.39. The van der Waals surface area contributed by atoms with Crippen LogP contribution >= 0.6 is 0 Å². The van der Waals surface area contributed by atoms with Crippen LogP contribution in [0, 0.1) is 11.6 Å². The van der Waals surface area contributed by atoms with Gasteiger partial charge in [0.15, 0.2) is 5.43 Å². The van der Waals surface area contributed by atoms with Gasteiger partial charge in [-0.15, -0.1) is 0 Å². The number of nitrogens with one attached hydrogen (secondary N) is 2. The number of halogens is 2. The Bertz CT molecular complexity index is 668. The highest BCUT2D eigenvalue weighted by molar-refractivity contribution is 5.93. The molecule has 0 bridgehead atoms. The highest BCUT2D eigenvalue weighted by Crippen LogP contribution is 2.09. The largest absolute Gasteiger partial charge is 0.367 e. The number of aromatic nitrogens is 1. The van der Waals surface area contributed by atoms with E-state index in [2.05, 4.69) is 10.3 Å². The standard InChI is InChI=1S/C13H10F2N2O2/c14-9-2-1-8(11(15)5-9)6-17-13(19)10-7-16-4-3-12(10)18/h1-5,7H,6H2,(H,16,18)(H,17,19). The molecule has 4 nitrogen and oxygen atoms in total. The second kappa shape index (κ2) is 5.43. The molecule has 1 aromatic carbocycles. The molecule has 2 aromatic rings. The first-order valence-corrected chi connectivity index (χ1v) is 5.47. The number of pyridine rings is 1. The molecule has 2 N–H and O–H groups in total. The molecule has 1 aromatic heterocycles. The molecule has 0 atom stereocenters. The molecular formula is C13H10F2N2O2. The molecule has 0 fully saturated rings. The quantitative estimate of drug-likeness (QED) is 0.884. The van der Waals surface area contributed by atoms with Crippen molar-refractivity contribution in [2.75, 3.05) is 0 Å². The minimum Gasteiger partial charge on any atom is -0.367 e. The van der Waals surface area contributed by atoms with Gasteiger partial charge in [-0.3, -0.25) is 9.59 Å². The van der Waals surface area contributed by atoms with Crippen molar-refractivity contribution in [3.8, 4) is 0 Å². The Morgan fingerprint density at radius 3 is 2.74 bits per heavy atom. The summed E-state index contributed by atoms with van der Waals surface area (Å²) in [7, 11) is 0. The Morgan fingerprint density at radius 2 is 2.05 bits per heavy atom.